The molecule has 4 rings (SSSR count). The lowest BCUT2D eigenvalue weighted by atomic mass is 10.2. The molecule has 1 saturated heterocycles. The molecular weight excluding hydrogens is 334 g/mol. The summed E-state index contributed by atoms with van der Waals surface area (Å²) in [5.74, 6) is 0.393. The minimum Gasteiger partial charge on any atom is -0.327 e. The summed E-state index contributed by atoms with van der Waals surface area (Å²) in [4.78, 5) is 33.9. The number of nitrogens with zero attached hydrogens (tertiary/aromatic N) is 3. The summed E-state index contributed by atoms with van der Waals surface area (Å²) in [6.45, 7) is 0.643. The molecule has 118 valence electrons. The molecule has 0 radical (unpaired) electrons. The zero-order valence-corrected chi connectivity index (χ0v) is 13.6. The van der Waals surface area contributed by atoms with Crippen molar-refractivity contribution in [3.8, 4) is 9.88 Å². The van der Waals surface area contributed by atoms with Crippen molar-refractivity contribution in [3.63, 3.8) is 0 Å². The van der Waals surface area contributed by atoms with Crippen molar-refractivity contribution in [2.24, 2.45) is 0 Å². The first kappa shape index (κ1) is 14.3. The highest BCUT2D eigenvalue weighted by Gasteiger charge is 2.33. The Morgan fingerprint density at radius 1 is 1.39 bits per heavy atom. The van der Waals surface area contributed by atoms with Gasteiger partial charge in [-0.2, -0.15) is 5.10 Å². The van der Waals surface area contributed by atoms with Gasteiger partial charge in [-0.05, 0) is 24.3 Å². The number of rotatable bonds is 3. The van der Waals surface area contributed by atoms with Crippen LogP contribution >= 0.6 is 22.7 Å². The molecule has 1 atom stereocenters. The van der Waals surface area contributed by atoms with Gasteiger partial charge in [0, 0.05) is 11.9 Å². The smallest absolute Gasteiger partial charge is 0.327 e. The van der Waals surface area contributed by atoms with Crippen molar-refractivity contribution in [2.45, 2.75) is 18.9 Å². The Bertz CT molecular complexity index is 879. The molecule has 0 aliphatic carbocycles. The van der Waals surface area contributed by atoms with E-state index in [0.29, 0.717) is 18.1 Å². The maximum atomic E-state index is 12.8. The fourth-order valence-corrected chi connectivity index (χ4v) is 4.38. The fourth-order valence-electron chi connectivity index (χ4n) is 2.77. The molecule has 1 unspecified atom stereocenters. The molecule has 1 aliphatic heterocycles. The van der Waals surface area contributed by atoms with Crippen molar-refractivity contribution >= 4 is 28.6 Å². The number of hydrogen-bond acceptors (Lipinski definition) is 6. The van der Waals surface area contributed by atoms with E-state index in [4.69, 9.17) is 0 Å². The minimum absolute atomic E-state index is 0.115. The molecule has 7 nitrogen and oxygen atoms in total. The van der Waals surface area contributed by atoms with Gasteiger partial charge in [0.15, 0.2) is 5.82 Å². The standard InChI is InChI=1S/C14H13N5O2S2/c20-13(8-7-23-12(15-8)10-4-2-6-22-10)19-5-1-3-9(19)11-16-14(21)18-17-11/h2,4,6-7,9H,1,3,5H2,(H2,16,17,18,21). The molecule has 3 aromatic heterocycles. The number of thiophene rings is 1. The van der Waals surface area contributed by atoms with E-state index in [1.54, 1.807) is 21.6 Å². The van der Waals surface area contributed by atoms with E-state index in [0.717, 1.165) is 22.7 Å². The summed E-state index contributed by atoms with van der Waals surface area (Å²) in [5, 5.41) is 11.0. The van der Waals surface area contributed by atoms with Gasteiger partial charge in [0.1, 0.15) is 10.7 Å². The Balaban J connectivity index is 1.59. The van der Waals surface area contributed by atoms with E-state index < -0.39 is 0 Å². The maximum absolute atomic E-state index is 12.8. The first-order valence-corrected chi connectivity index (χ1v) is 8.93. The van der Waals surface area contributed by atoms with Crippen LogP contribution in [0.25, 0.3) is 9.88 Å². The number of thiazole rings is 1. The molecule has 0 aromatic carbocycles. The van der Waals surface area contributed by atoms with E-state index in [1.165, 1.54) is 11.3 Å². The third kappa shape index (κ3) is 2.62. The lowest BCUT2D eigenvalue weighted by molar-refractivity contribution is 0.0725. The van der Waals surface area contributed by atoms with Crippen LogP contribution in [-0.4, -0.2) is 37.5 Å². The number of H-pyrrole nitrogens is 2. The van der Waals surface area contributed by atoms with E-state index in [-0.39, 0.29) is 17.6 Å². The molecule has 1 fully saturated rings. The summed E-state index contributed by atoms with van der Waals surface area (Å²) in [6.07, 6.45) is 1.67. The Labute approximate surface area is 139 Å². The lowest BCUT2D eigenvalue weighted by Gasteiger charge is -2.21. The number of amides is 1. The van der Waals surface area contributed by atoms with Crippen molar-refractivity contribution in [3.05, 3.63) is 44.9 Å². The summed E-state index contributed by atoms with van der Waals surface area (Å²) < 4.78 is 0. The normalized spacial score (nSPS) is 17.7. The zero-order valence-electron chi connectivity index (χ0n) is 12.0. The number of aromatic amines is 2. The van der Waals surface area contributed by atoms with Crippen LogP contribution in [0.2, 0.25) is 0 Å². The van der Waals surface area contributed by atoms with Gasteiger partial charge in [-0.3, -0.25) is 9.78 Å². The Kier molecular flexibility index (Phi) is 3.58. The van der Waals surface area contributed by atoms with Crippen LogP contribution in [-0.2, 0) is 0 Å². The SMILES string of the molecule is O=C(c1csc(-c2cccs2)n1)N1CCCC1c1n[nH]c(=O)[nH]1. The van der Waals surface area contributed by atoms with Crippen LogP contribution in [0.5, 0.6) is 0 Å². The largest absolute Gasteiger partial charge is 0.340 e. The first-order chi connectivity index (χ1) is 11.2. The fraction of sp³-hybridized carbons (Fsp3) is 0.286. The van der Waals surface area contributed by atoms with E-state index in [9.17, 15) is 9.59 Å². The van der Waals surface area contributed by atoms with Crippen LogP contribution in [0.15, 0.2) is 27.7 Å². The number of hydrogen-bond donors (Lipinski definition) is 2. The van der Waals surface area contributed by atoms with Gasteiger partial charge in [-0.1, -0.05) is 6.07 Å². The summed E-state index contributed by atoms with van der Waals surface area (Å²) >= 11 is 3.07. The summed E-state index contributed by atoms with van der Waals surface area (Å²) in [7, 11) is 0. The zero-order chi connectivity index (χ0) is 15.8. The molecule has 9 heteroatoms. The Morgan fingerprint density at radius 2 is 2.30 bits per heavy atom. The monoisotopic (exact) mass is 347 g/mol. The molecule has 1 aliphatic rings. The Morgan fingerprint density at radius 3 is 3.04 bits per heavy atom. The van der Waals surface area contributed by atoms with Crippen LogP contribution < -0.4 is 5.69 Å². The number of carbonyl (C=O) groups is 1. The summed E-state index contributed by atoms with van der Waals surface area (Å²) in [5.41, 5.74) is 0.0936. The molecule has 0 saturated carbocycles. The van der Waals surface area contributed by atoms with Crippen molar-refractivity contribution < 1.29 is 4.79 Å². The third-order valence-corrected chi connectivity index (χ3v) is 5.69. The van der Waals surface area contributed by atoms with Gasteiger partial charge in [-0.25, -0.2) is 14.9 Å². The minimum atomic E-state index is -0.354. The van der Waals surface area contributed by atoms with Gasteiger partial charge in [0.25, 0.3) is 5.91 Å². The summed E-state index contributed by atoms with van der Waals surface area (Å²) in [6, 6.07) is 3.76. The van der Waals surface area contributed by atoms with Gasteiger partial charge >= 0.3 is 5.69 Å². The van der Waals surface area contributed by atoms with Crippen LogP contribution in [0.3, 0.4) is 0 Å². The van der Waals surface area contributed by atoms with Gasteiger partial charge in [0.2, 0.25) is 0 Å². The molecule has 2 N–H and O–H groups in total. The highest BCUT2D eigenvalue weighted by Crippen LogP contribution is 2.32. The molecule has 1 amide bonds. The number of likely N-dealkylation sites (tertiary alicyclic amines) is 1. The quantitative estimate of drug-likeness (QED) is 0.760. The van der Waals surface area contributed by atoms with Gasteiger partial charge < -0.3 is 4.90 Å². The third-order valence-electron chi connectivity index (χ3n) is 3.80. The average molecular weight is 347 g/mol. The second-order valence-corrected chi connectivity index (χ2v) is 7.04. The topological polar surface area (TPSA) is 94.7 Å². The Hall–Kier alpha value is -2.26. The molecule has 0 bridgehead atoms. The first-order valence-electron chi connectivity index (χ1n) is 7.17. The highest BCUT2D eigenvalue weighted by atomic mass is 32.1. The molecule has 0 spiro atoms. The van der Waals surface area contributed by atoms with Crippen LogP contribution in [0.4, 0.5) is 0 Å². The van der Waals surface area contributed by atoms with Crippen LogP contribution in [0.1, 0.15) is 35.2 Å². The van der Waals surface area contributed by atoms with E-state index in [1.807, 2.05) is 17.5 Å². The molecule has 4 heterocycles. The van der Waals surface area contributed by atoms with Crippen molar-refractivity contribution in [1.82, 2.24) is 25.1 Å². The van der Waals surface area contributed by atoms with Crippen molar-refractivity contribution in [1.29, 1.82) is 0 Å². The van der Waals surface area contributed by atoms with E-state index >= 15 is 0 Å². The average Bonchev–Trinajstić information content (AvgIpc) is 3.31. The molecule has 23 heavy (non-hydrogen) atoms. The lowest BCUT2D eigenvalue weighted by Crippen LogP contribution is -2.31. The highest BCUT2D eigenvalue weighted by molar-refractivity contribution is 7.20. The molecular formula is C14H13N5O2S2. The number of aromatic nitrogens is 4. The second-order valence-electron chi connectivity index (χ2n) is 5.23. The van der Waals surface area contributed by atoms with E-state index in [2.05, 4.69) is 20.2 Å². The predicted molar refractivity (Wildman–Crippen MR) is 87.6 cm³/mol. The second kappa shape index (κ2) is 5.74. The van der Waals surface area contributed by atoms with Crippen LogP contribution in [0, 0.1) is 0 Å². The van der Waals surface area contributed by atoms with Gasteiger partial charge in [0.05, 0.1) is 10.9 Å². The van der Waals surface area contributed by atoms with Gasteiger partial charge in [-0.15, -0.1) is 22.7 Å². The number of nitrogens with one attached hydrogen (secondary N) is 2. The molecule has 3 aromatic rings. The number of carbonyl (C=O) groups excluding carboxylic acids is 1. The predicted octanol–water partition coefficient (Wildman–Crippen LogP) is 2.26. The van der Waals surface area contributed by atoms with Crippen molar-refractivity contribution in [2.75, 3.05) is 6.54 Å². The maximum Gasteiger partial charge on any atom is 0.340 e.